The van der Waals surface area contributed by atoms with Crippen LogP contribution < -0.4 is 15.9 Å². The zero-order chi connectivity index (χ0) is 20.3. The van der Waals surface area contributed by atoms with E-state index in [1.165, 1.54) is 12.1 Å². The molecule has 4 heteroatoms. The molecule has 4 aromatic rings. The van der Waals surface area contributed by atoms with Crippen molar-refractivity contribution in [2.75, 3.05) is 0 Å². The molecule has 29 heavy (non-hydrogen) atoms. The van der Waals surface area contributed by atoms with Gasteiger partial charge in [-0.2, -0.15) is 0 Å². The summed E-state index contributed by atoms with van der Waals surface area (Å²) in [6.45, 7) is 0. The molecule has 0 N–H and O–H groups in total. The molecule has 0 nitrogen and oxygen atoms in total. The molecule has 0 aliphatic carbocycles. The topological polar surface area (TPSA) is 0 Å². The number of rotatable bonds is 5. The summed E-state index contributed by atoms with van der Waals surface area (Å²) in [5.74, 6) is -3.73. The second-order valence-electron chi connectivity index (χ2n) is 7.12. The van der Waals surface area contributed by atoms with Gasteiger partial charge in [-0.05, 0) is 0 Å². The van der Waals surface area contributed by atoms with E-state index in [1.54, 1.807) is 6.07 Å². The van der Waals surface area contributed by atoms with Gasteiger partial charge in [-0.1, -0.05) is 0 Å². The van der Waals surface area contributed by atoms with Gasteiger partial charge in [0.15, 0.2) is 0 Å². The van der Waals surface area contributed by atoms with Crippen LogP contribution in [0.2, 0.25) is 0 Å². The Hall–Kier alpha value is -2.12. The molecule has 4 aromatic carbocycles. The second kappa shape index (κ2) is 7.95. The summed E-state index contributed by atoms with van der Waals surface area (Å²) in [6, 6.07) is 35.5. The van der Waals surface area contributed by atoms with Crippen molar-refractivity contribution in [2.24, 2.45) is 0 Å². The third-order valence-electron chi connectivity index (χ3n) is 5.40. The molecule has 0 unspecified atom stereocenters. The molecule has 0 aromatic heterocycles. The van der Waals surface area contributed by atoms with Gasteiger partial charge in [-0.3, -0.25) is 0 Å². The minimum absolute atomic E-state index is 0.298. The molecule has 0 atom stereocenters. The van der Waals surface area contributed by atoms with Gasteiger partial charge in [0.1, 0.15) is 0 Å². The Balaban J connectivity index is 2.09. The Bertz CT molecular complexity index is 1020. The first-order chi connectivity index (χ1) is 14.0. The Morgan fingerprint density at radius 1 is 0.655 bits per heavy atom. The molecule has 4 rings (SSSR count). The quantitative estimate of drug-likeness (QED) is 0.274. The number of hydrogen-bond acceptors (Lipinski definition) is 1. The van der Waals surface area contributed by atoms with Crippen LogP contribution in [0, 0.1) is 5.82 Å². The molecule has 0 saturated carbocycles. The van der Waals surface area contributed by atoms with Crippen molar-refractivity contribution in [3.8, 4) is 0 Å². The van der Waals surface area contributed by atoms with Crippen molar-refractivity contribution >= 4 is 45.7 Å². The molecule has 0 radical (unpaired) electrons. The molecule has 0 fully saturated rings. The Morgan fingerprint density at radius 2 is 1.07 bits per heavy atom. The number of halogens is 2. The number of hydrogen-bond donors (Lipinski definition) is 1. The summed E-state index contributed by atoms with van der Waals surface area (Å²) in [4.78, 5) is 0.613. The van der Waals surface area contributed by atoms with E-state index in [9.17, 15) is 4.39 Å². The van der Waals surface area contributed by atoms with Crippen molar-refractivity contribution in [2.45, 2.75) is 11.1 Å². The first-order valence-corrected chi connectivity index (χ1v) is 13.2. The maximum absolute atomic E-state index is 13.8. The van der Waals surface area contributed by atoms with Crippen molar-refractivity contribution in [1.29, 1.82) is 0 Å². The van der Waals surface area contributed by atoms with Gasteiger partial charge < -0.3 is 0 Å². The molecule has 0 bridgehead atoms. The number of benzene rings is 4. The van der Waals surface area contributed by atoms with Crippen LogP contribution in [0.3, 0.4) is 0 Å². The van der Waals surface area contributed by atoms with E-state index in [4.69, 9.17) is 11.2 Å². The van der Waals surface area contributed by atoms with Gasteiger partial charge in [0.05, 0.1) is 0 Å². The van der Waals surface area contributed by atoms with E-state index < -0.39 is 5.96 Å². The molecule has 0 spiro atoms. The summed E-state index contributed by atoms with van der Waals surface area (Å²) in [6.07, 6.45) is 0.546. The van der Waals surface area contributed by atoms with Crippen LogP contribution >= 0.6 is 29.8 Å². The average molecular weight is 439 g/mol. The zero-order valence-corrected chi connectivity index (χ0v) is 18.3. The van der Waals surface area contributed by atoms with E-state index in [0.717, 1.165) is 21.5 Å². The predicted octanol–water partition coefficient (Wildman–Crippen LogP) is 6.30. The minimum atomic E-state index is -3.43. The Kier molecular flexibility index (Phi) is 5.53. The van der Waals surface area contributed by atoms with Gasteiger partial charge in [0, 0.05) is 0 Å². The van der Waals surface area contributed by atoms with Crippen LogP contribution in [0.4, 0.5) is 4.39 Å². The van der Waals surface area contributed by atoms with Crippen LogP contribution in [0.5, 0.6) is 0 Å². The summed E-state index contributed by atoms with van der Waals surface area (Å²) in [5, 5.41) is 3.24. The van der Waals surface area contributed by atoms with E-state index in [2.05, 4.69) is 49.0 Å². The third-order valence-corrected chi connectivity index (χ3v) is 13.0. The van der Waals surface area contributed by atoms with E-state index in [0.29, 0.717) is 11.1 Å². The third kappa shape index (κ3) is 3.51. The van der Waals surface area contributed by atoms with Crippen LogP contribution in [0.15, 0.2) is 114 Å². The van der Waals surface area contributed by atoms with Crippen molar-refractivity contribution in [3.63, 3.8) is 0 Å². The normalized spacial score (nSPS) is 12.9. The Morgan fingerprint density at radius 3 is 1.45 bits per heavy atom. The van der Waals surface area contributed by atoms with Gasteiger partial charge in [0.25, 0.3) is 0 Å². The molecule has 0 aliphatic heterocycles. The fourth-order valence-corrected chi connectivity index (χ4v) is 10.5. The standard InChI is InChI=1S/C25H21ClFPS/c26-28(22-10-4-1-5-11-22,23-12-6-2-7-13-23,24-14-8-3-9-15-24)19-20-16-17-21(27)18-25(20)29/h1-18,29H,19H2. The van der Waals surface area contributed by atoms with Crippen molar-refractivity contribution in [3.05, 3.63) is 121 Å². The van der Waals surface area contributed by atoms with Gasteiger partial charge in [-0.25, -0.2) is 0 Å². The summed E-state index contributed by atoms with van der Waals surface area (Å²) in [5.41, 5.74) is 0.930. The maximum atomic E-state index is 13.8. The van der Waals surface area contributed by atoms with Crippen molar-refractivity contribution in [1.82, 2.24) is 0 Å². The summed E-state index contributed by atoms with van der Waals surface area (Å²) < 4.78 is 13.8. The van der Waals surface area contributed by atoms with Gasteiger partial charge in [0.2, 0.25) is 0 Å². The van der Waals surface area contributed by atoms with E-state index in [1.807, 2.05) is 54.6 Å². The van der Waals surface area contributed by atoms with Crippen LogP contribution in [0.1, 0.15) is 5.56 Å². The van der Waals surface area contributed by atoms with Crippen LogP contribution in [0.25, 0.3) is 0 Å². The molecule has 0 heterocycles. The van der Waals surface area contributed by atoms with Crippen LogP contribution in [-0.2, 0) is 6.16 Å². The van der Waals surface area contributed by atoms with E-state index >= 15 is 0 Å². The molecular weight excluding hydrogens is 418 g/mol. The summed E-state index contributed by atoms with van der Waals surface area (Å²) >= 11 is 12.6. The first-order valence-electron chi connectivity index (χ1n) is 9.39. The fraction of sp³-hybridized carbons (Fsp3) is 0.0400. The molecule has 146 valence electrons. The van der Waals surface area contributed by atoms with Gasteiger partial charge in [-0.15, -0.1) is 0 Å². The number of thiol groups is 1. The fourth-order valence-electron chi connectivity index (χ4n) is 3.93. The van der Waals surface area contributed by atoms with E-state index in [-0.39, 0.29) is 5.82 Å². The predicted molar refractivity (Wildman–Crippen MR) is 128 cm³/mol. The monoisotopic (exact) mass is 438 g/mol. The SMILES string of the molecule is Fc1ccc(CP(Cl)(c2ccccc2)(c2ccccc2)c2ccccc2)c(S)c1. The van der Waals surface area contributed by atoms with Gasteiger partial charge >= 0.3 is 182 Å². The van der Waals surface area contributed by atoms with Crippen LogP contribution in [-0.4, -0.2) is 0 Å². The average Bonchev–Trinajstić information content (AvgIpc) is 2.78. The Labute approximate surface area is 181 Å². The zero-order valence-electron chi connectivity index (χ0n) is 15.7. The molecule has 0 saturated heterocycles. The second-order valence-corrected chi connectivity index (χ2v) is 14.1. The molecule has 0 aliphatic rings. The van der Waals surface area contributed by atoms with Crippen molar-refractivity contribution < 1.29 is 4.39 Å². The molecule has 0 amide bonds. The molecular formula is C25H21ClFPS. The first kappa shape index (κ1) is 20.2. The summed E-state index contributed by atoms with van der Waals surface area (Å²) in [7, 11) is 0.